The highest BCUT2D eigenvalue weighted by molar-refractivity contribution is 5.94. The minimum atomic E-state index is -1.52. The number of carboxylic acids is 1. The Hall–Kier alpha value is -4.11. The van der Waals surface area contributed by atoms with E-state index in [0.717, 1.165) is 43.9 Å². The van der Waals surface area contributed by atoms with Gasteiger partial charge in [-0.25, -0.2) is 18.0 Å². The van der Waals surface area contributed by atoms with Crippen LogP contribution in [0.15, 0.2) is 71.7 Å². The number of anilines is 1. The molecule has 2 fully saturated rings. The zero-order chi connectivity index (χ0) is 25.8. The SMILES string of the molecule is O=C(O)c1cn(-c2ccc(F)cc2F)c2cc(N3CC4CC3CN4Cc3ccccc3)c(F)cc2c1=O. The smallest absolute Gasteiger partial charge is 0.341 e. The summed E-state index contributed by atoms with van der Waals surface area (Å²) < 4.78 is 44.9. The molecule has 6 rings (SSSR count). The molecule has 2 saturated heterocycles. The first-order valence-corrected chi connectivity index (χ1v) is 11.9. The molecule has 3 aromatic carbocycles. The summed E-state index contributed by atoms with van der Waals surface area (Å²) in [6.45, 7) is 2.13. The van der Waals surface area contributed by atoms with Crippen LogP contribution in [0.25, 0.3) is 16.6 Å². The van der Waals surface area contributed by atoms with Crippen molar-refractivity contribution in [2.75, 3.05) is 18.0 Å². The molecule has 0 radical (unpaired) electrons. The molecule has 37 heavy (non-hydrogen) atoms. The van der Waals surface area contributed by atoms with Crippen LogP contribution in [0, 0.1) is 17.5 Å². The second kappa shape index (κ2) is 8.77. The van der Waals surface area contributed by atoms with Crippen molar-refractivity contribution in [3.8, 4) is 5.69 Å². The van der Waals surface area contributed by atoms with Crippen LogP contribution in [0.4, 0.5) is 18.9 Å². The maximum Gasteiger partial charge on any atom is 0.341 e. The molecular weight excluding hydrogens is 483 g/mol. The Bertz CT molecular complexity index is 1610. The van der Waals surface area contributed by atoms with Crippen LogP contribution >= 0.6 is 0 Å². The van der Waals surface area contributed by atoms with Gasteiger partial charge in [0.2, 0.25) is 5.43 Å². The van der Waals surface area contributed by atoms with Crippen LogP contribution in [-0.4, -0.2) is 45.7 Å². The Morgan fingerprint density at radius 1 is 0.919 bits per heavy atom. The van der Waals surface area contributed by atoms with Gasteiger partial charge in [-0.15, -0.1) is 0 Å². The molecular formula is C28H22F3N3O3. The highest BCUT2D eigenvalue weighted by atomic mass is 19.1. The van der Waals surface area contributed by atoms with Crippen LogP contribution in [-0.2, 0) is 6.54 Å². The Labute approximate surface area is 209 Å². The van der Waals surface area contributed by atoms with Crippen molar-refractivity contribution in [1.82, 2.24) is 9.47 Å². The van der Waals surface area contributed by atoms with Crippen molar-refractivity contribution in [2.45, 2.75) is 25.0 Å². The molecule has 188 valence electrons. The quantitative estimate of drug-likeness (QED) is 0.431. The lowest BCUT2D eigenvalue weighted by molar-refractivity contribution is 0.0695. The van der Waals surface area contributed by atoms with Crippen molar-refractivity contribution in [1.29, 1.82) is 0 Å². The fourth-order valence-electron chi connectivity index (χ4n) is 5.64. The molecule has 1 aromatic heterocycles. The number of carbonyl (C=O) groups is 1. The topological polar surface area (TPSA) is 65.8 Å². The fraction of sp³-hybridized carbons (Fsp3) is 0.214. The molecule has 6 nitrogen and oxygen atoms in total. The fourth-order valence-corrected chi connectivity index (χ4v) is 5.64. The molecule has 2 unspecified atom stereocenters. The normalized spacial score (nSPS) is 19.2. The molecule has 3 heterocycles. The van der Waals surface area contributed by atoms with E-state index < -0.39 is 34.4 Å². The summed E-state index contributed by atoms with van der Waals surface area (Å²) in [6.07, 6.45) is 1.87. The molecule has 9 heteroatoms. The average Bonchev–Trinajstić information content (AvgIpc) is 3.46. The Balaban J connectivity index is 1.42. The summed E-state index contributed by atoms with van der Waals surface area (Å²) >= 11 is 0. The molecule has 2 atom stereocenters. The number of aromatic carboxylic acids is 1. The summed E-state index contributed by atoms with van der Waals surface area (Å²) in [5.41, 5.74) is -0.0516. The highest BCUT2D eigenvalue weighted by Crippen LogP contribution is 2.38. The van der Waals surface area contributed by atoms with E-state index in [1.165, 1.54) is 16.2 Å². The number of rotatable bonds is 5. The number of aromatic nitrogens is 1. The first-order valence-electron chi connectivity index (χ1n) is 11.9. The Kier molecular flexibility index (Phi) is 5.52. The van der Waals surface area contributed by atoms with Crippen LogP contribution in [0.3, 0.4) is 0 Å². The number of halogens is 3. The maximum absolute atomic E-state index is 15.4. The summed E-state index contributed by atoms with van der Waals surface area (Å²) in [7, 11) is 0. The summed E-state index contributed by atoms with van der Waals surface area (Å²) in [5, 5.41) is 9.34. The first-order chi connectivity index (χ1) is 17.8. The van der Waals surface area contributed by atoms with E-state index >= 15 is 4.39 Å². The van der Waals surface area contributed by atoms with Gasteiger partial charge in [0.1, 0.15) is 23.0 Å². The molecule has 1 N–H and O–H groups in total. The number of nitrogens with zero attached hydrogens (tertiary/aromatic N) is 3. The van der Waals surface area contributed by atoms with Gasteiger partial charge in [0.05, 0.1) is 16.9 Å². The number of pyridine rings is 1. The second-order valence-electron chi connectivity index (χ2n) is 9.57. The third kappa shape index (κ3) is 3.95. The number of fused-ring (bicyclic) bond motifs is 3. The average molecular weight is 505 g/mol. The zero-order valence-corrected chi connectivity index (χ0v) is 19.6. The van der Waals surface area contributed by atoms with Gasteiger partial charge in [-0.1, -0.05) is 30.3 Å². The van der Waals surface area contributed by atoms with E-state index in [4.69, 9.17) is 0 Å². The summed E-state index contributed by atoms with van der Waals surface area (Å²) in [6, 6.07) is 15.8. The van der Waals surface area contributed by atoms with Crippen LogP contribution < -0.4 is 10.3 Å². The van der Waals surface area contributed by atoms with Gasteiger partial charge in [-0.2, -0.15) is 0 Å². The van der Waals surface area contributed by atoms with Crippen molar-refractivity contribution in [2.24, 2.45) is 0 Å². The monoisotopic (exact) mass is 505 g/mol. The van der Waals surface area contributed by atoms with E-state index in [0.29, 0.717) is 12.6 Å². The van der Waals surface area contributed by atoms with Crippen molar-refractivity contribution in [3.05, 3.63) is 106 Å². The first kappa shape index (κ1) is 23.3. The summed E-state index contributed by atoms with van der Waals surface area (Å²) in [4.78, 5) is 28.9. The maximum atomic E-state index is 15.4. The van der Waals surface area contributed by atoms with Crippen LogP contribution in [0.5, 0.6) is 0 Å². The van der Waals surface area contributed by atoms with E-state index in [-0.39, 0.29) is 34.4 Å². The lowest BCUT2D eigenvalue weighted by atomic mass is 10.1. The number of hydrogen-bond donors (Lipinski definition) is 1. The van der Waals surface area contributed by atoms with Gasteiger partial charge in [0.25, 0.3) is 0 Å². The van der Waals surface area contributed by atoms with Crippen LogP contribution in [0.1, 0.15) is 22.3 Å². The zero-order valence-electron chi connectivity index (χ0n) is 19.6. The third-order valence-corrected chi connectivity index (χ3v) is 7.36. The van der Waals surface area contributed by atoms with Gasteiger partial charge in [-0.3, -0.25) is 9.69 Å². The van der Waals surface area contributed by atoms with Crippen LogP contribution in [0.2, 0.25) is 0 Å². The predicted molar refractivity (Wildman–Crippen MR) is 133 cm³/mol. The summed E-state index contributed by atoms with van der Waals surface area (Å²) in [5.74, 6) is -3.92. The number of benzene rings is 3. The van der Waals surface area contributed by atoms with E-state index in [1.54, 1.807) is 0 Å². The number of carboxylic acid groups (broad SMARTS) is 1. The van der Waals surface area contributed by atoms with E-state index in [2.05, 4.69) is 17.0 Å². The van der Waals surface area contributed by atoms with Gasteiger partial charge in [0.15, 0.2) is 0 Å². The lowest BCUT2D eigenvalue weighted by Crippen LogP contribution is -2.46. The lowest BCUT2D eigenvalue weighted by Gasteiger charge is -2.36. The van der Waals surface area contributed by atoms with Gasteiger partial charge >= 0.3 is 5.97 Å². The Morgan fingerprint density at radius 3 is 2.35 bits per heavy atom. The van der Waals surface area contributed by atoms with Gasteiger partial charge in [0, 0.05) is 49.4 Å². The molecule has 0 aliphatic carbocycles. The molecule has 2 aliphatic heterocycles. The molecule has 4 aromatic rings. The van der Waals surface area contributed by atoms with E-state index in [9.17, 15) is 23.5 Å². The molecule has 2 bridgehead atoms. The van der Waals surface area contributed by atoms with E-state index in [1.807, 2.05) is 23.1 Å². The molecule has 0 amide bonds. The van der Waals surface area contributed by atoms with Crippen molar-refractivity contribution >= 4 is 22.6 Å². The number of hydrogen-bond acceptors (Lipinski definition) is 4. The van der Waals surface area contributed by atoms with Crippen molar-refractivity contribution < 1.29 is 23.1 Å². The molecule has 2 aliphatic rings. The minimum absolute atomic E-state index is 0.0571. The standard InChI is InChI=1S/C28H22F3N3O3/c29-17-6-7-24(22(30)8-17)34-15-21(28(36)37)27(35)20-10-23(31)26(11-25(20)34)33-14-18-9-19(33)13-32(18)12-16-4-2-1-3-5-16/h1-8,10-11,15,18-19H,9,12-14H2,(H,36,37). The Morgan fingerprint density at radius 2 is 1.68 bits per heavy atom. The van der Waals surface area contributed by atoms with Gasteiger partial charge < -0.3 is 14.6 Å². The van der Waals surface area contributed by atoms with Gasteiger partial charge in [-0.05, 0) is 36.2 Å². The second-order valence-corrected chi connectivity index (χ2v) is 9.57. The molecule has 0 saturated carbocycles. The minimum Gasteiger partial charge on any atom is -0.477 e. The van der Waals surface area contributed by atoms with Crippen molar-refractivity contribution in [3.63, 3.8) is 0 Å². The number of piperazine rings is 1. The number of likely N-dealkylation sites (tertiary alicyclic amines) is 1. The largest absolute Gasteiger partial charge is 0.477 e. The predicted octanol–water partition coefficient (Wildman–Crippen LogP) is 4.57. The molecule has 0 spiro atoms. The highest BCUT2D eigenvalue weighted by Gasteiger charge is 2.44. The third-order valence-electron chi connectivity index (χ3n) is 7.36.